The lowest BCUT2D eigenvalue weighted by Gasteiger charge is -2.13. The van der Waals surface area contributed by atoms with E-state index in [0.29, 0.717) is 5.41 Å². The Hall–Kier alpha value is -1.03. The molecule has 0 saturated carbocycles. The van der Waals surface area contributed by atoms with Crippen molar-refractivity contribution in [3.63, 3.8) is 0 Å². The van der Waals surface area contributed by atoms with Crippen molar-refractivity contribution >= 4 is 5.69 Å². The van der Waals surface area contributed by atoms with Crippen LogP contribution in [0.15, 0.2) is 6.20 Å². The Kier molecular flexibility index (Phi) is 2.46. The molecule has 1 fully saturated rings. The van der Waals surface area contributed by atoms with Gasteiger partial charge in [0.2, 0.25) is 0 Å². The van der Waals surface area contributed by atoms with Crippen molar-refractivity contribution in [2.45, 2.75) is 39.8 Å². The quantitative estimate of drug-likeness (QED) is 0.804. The van der Waals surface area contributed by atoms with E-state index in [1.807, 2.05) is 17.8 Å². The van der Waals surface area contributed by atoms with E-state index in [1.54, 1.807) is 0 Å². The lowest BCUT2D eigenvalue weighted by Crippen LogP contribution is -2.16. The van der Waals surface area contributed by atoms with Gasteiger partial charge in [0.15, 0.2) is 0 Å². The second-order valence-corrected chi connectivity index (χ2v) is 5.19. The molecule has 0 aliphatic carbocycles. The molecular weight excluding hydrogens is 190 g/mol. The number of rotatable bonds is 2. The van der Waals surface area contributed by atoms with Crippen LogP contribution in [0.2, 0.25) is 0 Å². The highest BCUT2D eigenvalue weighted by molar-refractivity contribution is 5.39. The van der Waals surface area contributed by atoms with Gasteiger partial charge >= 0.3 is 0 Å². The normalized spacial score (nSPS) is 24.6. The first-order valence-electron chi connectivity index (χ1n) is 5.37. The van der Waals surface area contributed by atoms with Crippen molar-refractivity contribution in [1.29, 1.82) is 0 Å². The van der Waals surface area contributed by atoms with E-state index < -0.39 is 0 Å². The minimum atomic E-state index is 0.277. The van der Waals surface area contributed by atoms with Crippen LogP contribution >= 0.6 is 0 Å². The van der Waals surface area contributed by atoms with Gasteiger partial charge in [-0.25, -0.2) is 0 Å². The van der Waals surface area contributed by atoms with Crippen LogP contribution in [0.1, 0.15) is 26.0 Å². The summed E-state index contributed by atoms with van der Waals surface area (Å²) in [6, 6.07) is 0. The van der Waals surface area contributed by atoms with E-state index in [4.69, 9.17) is 10.5 Å². The molecule has 2 N–H and O–H groups in total. The molecule has 1 aromatic rings. The molecule has 2 rings (SSSR count). The average molecular weight is 209 g/mol. The standard InChI is InChI=1S/C11H19N3O/c1-8-10(12)6-14(13-8)5-9-4-11(2,3)7-15-9/h6,9H,4-5,7,12H2,1-3H3. The van der Waals surface area contributed by atoms with Crippen LogP contribution in [0, 0.1) is 12.3 Å². The second kappa shape index (κ2) is 3.52. The van der Waals surface area contributed by atoms with E-state index in [1.165, 1.54) is 0 Å². The smallest absolute Gasteiger partial charge is 0.0822 e. The van der Waals surface area contributed by atoms with Gasteiger partial charge in [-0.2, -0.15) is 5.10 Å². The molecule has 4 nitrogen and oxygen atoms in total. The molecular formula is C11H19N3O. The maximum absolute atomic E-state index is 5.74. The summed E-state index contributed by atoms with van der Waals surface area (Å²) in [6.45, 7) is 8.03. The molecule has 0 amide bonds. The molecule has 1 atom stereocenters. The largest absolute Gasteiger partial charge is 0.396 e. The maximum atomic E-state index is 5.74. The highest BCUT2D eigenvalue weighted by Crippen LogP contribution is 2.31. The van der Waals surface area contributed by atoms with Gasteiger partial charge in [0, 0.05) is 6.20 Å². The van der Waals surface area contributed by atoms with Crippen molar-refractivity contribution in [1.82, 2.24) is 9.78 Å². The summed E-state index contributed by atoms with van der Waals surface area (Å²) < 4.78 is 7.61. The molecule has 0 spiro atoms. The third-order valence-electron chi connectivity index (χ3n) is 2.87. The van der Waals surface area contributed by atoms with Crippen molar-refractivity contribution in [2.75, 3.05) is 12.3 Å². The molecule has 0 radical (unpaired) electrons. The Labute approximate surface area is 90.4 Å². The predicted octanol–water partition coefficient (Wildman–Crippen LogP) is 1.59. The molecule has 0 aromatic carbocycles. The van der Waals surface area contributed by atoms with Gasteiger partial charge in [-0.1, -0.05) is 13.8 Å². The highest BCUT2D eigenvalue weighted by atomic mass is 16.5. The predicted molar refractivity (Wildman–Crippen MR) is 59.5 cm³/mol. The van der Waals surface area contributed by atoms with E-state index in [9.17, 15) is 0 Å². The zero-order chi connectivity index (χ0) is 11.1. The minimum absolute atomic E-state index is 0.277. The molecule has 0 bridgehead atoms. The van der Waals surface area contributed by atoms with Crippen LogP contribution in [-0.4, -0.2) is 22.5 Å². The lowest BCUT2D eigenvalue weighted by molar-refractivity contribution is 0.0852. The number of aromatic nitrogens is 2. The SMILES string of the molecule is Cc1nn(CC2CC(C)(C)CO2)cc1N. The zero-order valence-corrected chi connectivity index (χ0v) is 9.66. The Morgan fingerprint density at radius 2 is 2.40 bits per heavy atom. The van der Waals surface area contributed by atoms with Gasteiger partial charge < -0.3 is 10.5 Å². The number of nitrogens with two attached hydrogens (primary N) is 1. The average Bonchev–Trinajstić information content (AvgIpc) is 2.58. The van der Waals surface area contributed by atoms with Crippen molar-refractivity contribution in [2.24, 2.45) is 5.41 Å². The number of ether oxygens (including phenoxy) is 1. The number of nitrogen functional groups attached to an aromatic ring is 1. The number of hydrogen-bond donors (Lipinski definition) is 1. The summed E-state index contributed by atoms with van der Waals surface area (Å²) in [5, 5.41) is 4.33. The number of aryl methyl sites for hydroxylation is 1. The van der Waals surface area contributed by atoms with Gasteiger partial charge in [-0.15, -0.1) is 0 Å². The summed E-state index contributed by atoms with van der Waals surface area (Å²) in [4.78, 5) is 0. The van der Waals surface area contributed by atoms with Gasteiger partial charge in [-0.05, 0) is 18.8 Å². The summed E-state index contributed by atoms with van der Waals surface area (Å²) in [5.41, 5.74) is 7.70. The molecule has 15 heavy (non-hydrogen) atoms. The van der Waals surface area contributed by atoms with Gasteiger partial charge in [-0.3, -0.25) is 4.68 Å². The fourth-order valence-electron chi connectivity index (χ4n) is 2.03. The van der Waals surface area contributed by atoms with Crippen molar-refractivity contribution in [3.8, 4) is 0 Å². The van der Waals surface area contributed by atoms with E-state index in [2.05, 4.69) is 18.9 Å². The zero-order valence-electron chi connectivity index (χ0n) is 9.66. The summed E-state index contributed by atoms with van der Waals surface area (Å²) in [6.07, 6.45) is 3.24. The Bertz CT molecular complexity index is 337. The first kappa shape index (κ1) is 10.5. The molecule has 2 heterocycles. The van der Waals surface area contributed by atoms with Crippen LogP contribution < -0.4 is 5.73 Å². The van der Waals surface area contributed by atoms with Gasteiger partial charge in [0.25, 0.3) is 0 Å². The molecule has 84 valence electrons. The Morgan fingerprint density at radius 3 is 2.87 bits per heavy atom. The lowest BCUT2D eigenvalue weighted by atomic mass is 9.91. The number of hydrogen-bond acceptors (Lipinski definition) is 3. The number of nitrogens with zero attached hydrogens (tertiary/aromatic N) is 2. The van der Waals surface area contributed by atoms with Crippen LogP contribution in [0.4, 0.5) is 5.69 Å². The van der Waals surface area contributed by atoms with Crippen LogP contribution in [0.25, 0.3) is 0 Å². The van der Waals surface area contributed by atoms with Crippen molar-refractivity contribution in [3.05, 3.63) is 11.9 Å². The fourth-order valence-corrected chi connectivity index (χ4v) is 2.03. The highest BCUT2D eigenvalue weighted by Gasteiger charge is 2.32. The maximum Gasteiger partial charge on any atom is 0.0822 e. The minimum Gasteiger partial charge on any atom is -0.396 e. The first-order valence-corrected chi connectivity index (χ1v) is 5.37. The van der Waals surface area contributed by atoms with Crippen LogP contribution in [0.3, 0.4) is 0 Å². The monoisotopic (exact) mass is 209 g/mol. The molecule has 1 unspecified atom stereocenters. The van der Waals surface area contributed by atoms with Gasteiger partial charge in [0.1, 0.15) is 0 Å². The van der Waals surface area contributed by atoms with Crippen LogP contribution in [0.5, 0.6) is 0 Å². The third kappa shape index (κ3) is 2.31. The van der Waals surface area contributed by atoms with Crippen molar-refractivity contribution < 1.29 is 4.74 Å². The summed E-state index contributed by atoms with van der Waals surface area (Å²) in [7, 11) is 0. The van der Waals surface area contributed by atoms with E-state index in [-0.39, 0.29) is 6.10 Å². The fraction of sp³-hybridized carbons (Fsp3) is 0.727. The molecule has 4 heteroatoms. The first-order chi connectivity index (χ1) is 6.96. The van der Waals surface area contributed by atoms with Crippen LogP contribution in [-0.2, 0) is 11.3 Å². The molecule has 1 aliphatic heterocycles. The number of anilines is 1. The topological polar surface area (TPSA) is 53.1 Å². The Morgan fingerprint density at radius 1 is 1.67 bits per heavy atom. The Balaban J connectivity index is 1.98. The molecule has 1 aromatic heterocycles. The summed E-state index contributed by atoms with van der Waals surface area (Å²) in [5.74, 6) is 0. The summed E-state index contributed by atoms with van der Waals surface area (Å²) >= 11 is 0. The molecule has 1 saturated heterocycles. The van der Waals surface area contributed by atoms with E-state index >= 15 is 0 Å². The van der Waals surface area contributed by atoms with Gasteiger partial charge in [0.05, 0.1) is 30.6 Å². The molecule has 1 aliphatic rings. The third-order valence-corrected chi connectivity index (χ3v) is 2.87. The second-order valence-electron chi connectivity index (χ2n) is 5.19. The van der Waals surface area contributed by atoms with E-state index in [0.717, 1.165) is 31.0 Å².